The van der Waals surface area contributed by atoms with E-state index in [2.05, 4.69) is 5.32 Å². The molecule has 2 rings (SSSR count). The van der Waals surface area contributed by atoms with E-state index in [0.717, 1.165) is 10.5 Å². The molecule has 134 valence electrons. The number of nitrogens with one attached hydrogen (secondary N) is 1. The number of hydrogen-bond acceptors (Lipinski definition) is 4. The van der Waals surface area contributed by atoms with Gasteiger partial charge in [0.25, 0.3) is 0 Å². The maximum Gasteiger partial charge on any atom is 0.238 e. The predicted octanol–water partition coefficient (Wildman–Crippen LogP) is 3.09. The van der Waals surface area contributed by atoms with E-state index >= 15 is 0 Å². The molecule has 0 saturated heterocycles. The summed E-state index contributed by atoms with van der Waals surface area (Å²) in [5.41, 5.74) is 0.901. The lowest BCUT2D eigenvalue weighted by Crippen LogP contribution is -2.27. The third kappa shape index (κ3) is 6.52. The number of amides is 1. The fraction of sp³-hybridized carbons (Fsp3) is 0.188. The molecule has 0 atom stereocenters. The Morgan fingerprint density at radius 3 is 2.44 bits per heavy atom. The maximum atomic E-state index is 11.9. The van der Waals surface area contributed by atoms with Crippen LogP contribution >= 0.6 is 35.0 Å². The Balaban J connectivity index is 1.78. The number of sulfonamides is 1. The van der Waals surface area contributed by atoms with Crippen molar-refractivity contribution < 1.29 is 13.2 Å². The predicted molar refractivity (Wildman–Crippen MR) is 102 cm³/mol. The van der Waals surface area contributed by atoms with Gasteiger partial charge in [-0.1, -0.05) is 35.3 Å². The standard InChI is InChI=1S/C16H16Cl2N2O3S2/c17-12-3-6-14(18)15(9-12)24-10-16(21)20-8-7-11-1-4-13(5-2-11)25(19,22)23/h1-6,9H,7-8,10H2,(H,20,21)(H2,19,22,23). The average Bonchev–Trinajstić information content (AvgIpc) is 2.55. The number of carbonyl (C=O) groups excluding carboxylic acids is 1. The first-order valence-electron chi connectivity index (χ1n) is 7.22. The number of thioether (sulfide) groups is 1. The highest BCUT2D eigenvalue weighted by atomic mass is 35.5. The first-order valence-corrected chi connectivity index (χ1v) is 10.5. The number of nitrogens with two attached hydrogens (primary N) is 1. The van der Waals surface area contributed by atoms with Gasteiger partial charge >= 0.3 is 0 Å². The SMILES string of the molecule is NS(=O)(=O)c1ccc(CCNC(=O)CSc2cc(Cl)ccc2Cl)cc1. The molecule has 3 N–H and O–H groups in total. The highest BCUT2D eigenvalue weighted by Crippen LogP contribution is 2.29. The van der Waals surface area contributed by atoms with Crippen LogP contribution in [0.25, 0.3) is 0 Å². The number of primary sulfonamides is 1. The summed E-state index contributed by atoms with van der Waals surface area (Å²) in [6.45, 7) is 0.442. The van der Waals surface area contributed by atoms with Crippen LogP contribution in [0.4, 0.5) is 0 Å². The third-order valence-corrected chi connectivity index (χ3v) is 5.90. The van der Waals surface area contributed by atoms with E-state index in [1.54, 1.807) is 30.3 Å². The molecule has 0 saturated carbocycles. The van der Waals surface area contributed by atoms with Crippen LogP contribution < -0.4 is 10.5 Å². The quantitative estimate of drug-likeness (QED) is 0.675. The third-order valence-electron chi connectivity index (χ3n) is 3.24. The van der Waals surface area contributed by atoms with E-state index in [9.17, 15) is 13.2 Å². The van der Waals surface area contributed by atoms with Gasteiger partial charge in [0.2, 0.25) is 15.9 Å². The van der Waals surface area contributed by atoms with Gasteiger partial charge in [-0.15, -0.1) is 11.8 Å². The van der Waals surface area contributed by atoms with Gasteiger partial charge in [0.15, 0.2) is 0 Å². The molecular weight excluding hydrogens is 403 g/mol. The summed E-state index contributed by atoms with van der Waals surface area (Å²) in [5.74, 6) is 0.104. The number of benzene rings is 2. The molecule has 0 fully saturated rings. The van der Waals surface area contributed by atoms with Gasteiger partial charge in [-0.05, 0) is 42.3 Å². The summed E-state index contributed by atoms with van der Waals surface area (Å²) < 4.78 is 22.4. The second kappa shape index (κ2) is 8.91. The zero-order valence-corrected chi connectivity index (χ0v) is 16.2. The minimum atomic E-state index is -3.69. The largest absolute Gasteiger partial charge is 0.355 e. The summed E-state index contributed by atoms with van der Waals surface area (Å²) >= 11 is 13.3. The molecule has 0 bridgehead atoms. The zero-order chi connectivity index (χ0) is 18.4. The van der Waals surface area contributed by atoms with Crippen LogP contribution in [0.1, 0.15) is 5.56 Å². The first-order chi connectivity index (χ1) is 11.8. The molecule has 9 heteroatoms. The van der Waals surface area contributed by atoms with E-state index in [1.807, 2.05) is 0 Å². The number of halogens is 2. The topological polar surface area (TPSA) is 89.3 Å². The summed E-state index contributed by atoms with van der Waals surface area (Å²) in [6.07, 6.45) is 0.583. The molecule has 2 aromatic carbocycles. The second-order valence-electron chi connectivity index (χ2n) is 5.15. The van der Waals surface area contributed by atoms with Gasteiger partial charge in [-0.25, -0.2) is 13.6 Å². The minimum absolute atomic E-state index is 0.0649. The van der Waals surface area contributed by atoms with E-state index in [-0.39, 0.29) is 16.6 Å². The normalized spacial score (nSPS) is 11.3. The fourth-order valence-electron chi connectivity index (χ4n) is 1.97. The molecule has 5 nitrogen and oxygen atoms in total. The van der Waals surface area contributed by atoms with E-state index in [4.69, 9.17) is 28.3 Å². The van der Waals surface area contributed by atoms with Gasteiger partial charge in [-0.3, -0.25) is 4.79 Å². The Kier molecular flexibility index (Phi) is 7.15. The molecule has 0 heterocycles. The van der Waals surface area contributed by atoms with Crippen molar-refractivity contribution in [1.29, 1.82) is 0 Å². The van der Waals surface area contributed by atoms with E-state index < -0.39 is 10.0 Å². The Bertz CT molecular complexity index is 856. The van der Waals surface area contributed by atoms with Crippen molar-refractivity contribution in [1.82, 2.24) is 5.32 Å². The van der Waals surface area contributed by atoms with Crippen molar-refractivity contribution in [3.05, 3.63) is 58.1 Å². The van der Waals surface area contributed by atoms with Crippen LogP contribution in [0.5, 0.6) is 0 Å². The van der Waals surface area contributed by atoms with Crippen LogP contribution in [0.2, 0.25) is 10.0 Å². The summed E-state index contributed by atoms with van der Waals surface area (Å²) in [6, 6.07) is 11.3. The fourth-order valence-corrected chi connectivity index (χ4v) is 3.81. The second-order valence-corrected chi connectivity index (χ2v) is 8.57. The lowest BCUT2D eigenvalue weighted by atomic mass is 10.1. The van der Waals surface area contributed by atoms with Crippen molar-refractivity contribution in [2.24, 2.45) is 5.14 Å². The van der Waals surface area contributed by atoms with Crippen LogP contribution in [0.15, 0.2) is 52.3 Å². The number of rotatable bonds is 7. The van der Waals surface area contributed by atoms with Crippen LogP contribution in [0, 0.1) is 0 Å². The van der Waals surface area contributed by atoms with Crippen molar-refractivity contribution in [3.63, 3.8) is 0 Å². The molecule has 0 spiro atoms. The summed E-state index contributed by atoms with van der Waals surface area (Å²) in [5, 5.41) is 8.96. The van der Waals surface area contributed by atoms with Crippen LogP contribution in [0.3, 0.4) is 0 Å². The highest BCUT2D eigenvalue weighted by molar-refractivity contribution is 8.00. The molecule has 0 aliphatic heterocycles. The van der Waals surface area contributed by atoms with Gasteiger partial charge in [0, 0.05) is 16.5 Å². The molecule has 2 aromatic rings. The smallest absolute Gasteiger partial charge is 0.238 e. The summed E-state index contributed by atoms with van der Waals surface area (Å²) in [7, 11) is -3.69. The zero-order valence-electron chi connectivity index (χ0n) is 13.0. The molecule has 0 unspecified atom stereocenters. The first kappa shape index (κ1) is 20.1. The average molecular weight is 419 g/mol. The van der Waals surface area contributed by atoms with Crippen molar-refractivity contribution in [3.8, 4) is 0 Å². The van der Waals surface area contributed by atoms with E-state index in [1.165, 1.54) is 23.9 Å². The molecular formula is C16H16Cl2N2O3S2. The monoisotopic (exact) mass is 418 g/mol. The molecule has 1 amide bonds. The summed E-state index contributed by atoms with van der Waals surface area (Å²) in [4.78, 5) is 12.7. The highest BCUT2D eigenvalue weighted by Gasteiger charge is 2.08. The van der Waals surface area contributed by atoms with Gasteiger partial charge in [0.05, 0.1) is 15.7 Å². The van der Waals surface area contributed by atoms with Gasteiger partial charge in [-0.2, -0.15) is 0 Å². The minimum Gasteiger partial charge on any atom is -0.355 e. The molecule has 0 aliphatic rings. The van der Waals surface area contributed by atoms with Crippen molar-refractivity contribution in [2.45, 2.75) is 16.2 Å². The number of carbonyl (C=O) groups is 1. The number of hydrogen-bond donors (Lipinski definition) is 2. The molecule has 0 aliphatic carbocycles. The van der Waals surface area contributed by atoms with E-state index in [0.29, 0.717) is 23.0 Å². The van der Waals surface area contributed by atoms with Crippen LogP contribution in [-0.4, -0.2) is 26.6 Å². The van der Waals surface area contributed by atoms with Gasteiger partial charge in [0.1, 0.15) is 0 Å². The maximum absolute atomic E-state index is 11.9. The lowest BCUT2D eigenvalue weighted by Gasteiger charge is -2.07. The van der Waals surface area contributed by atoms with Crippen LogP contribution in [-0.2, 0) is 21.2 Å². The Labute approximate surface area is 160 Å². The Morgan fingerprint density at radius 1 is 1.12 bits per heavy atom. The Morgan fingerprint density at radius 2 is 1.80 bits per heavy atom. The lowest BCUT2D eigenvalue weighted by molar-refractivity contribution is -0.118. The molecule has 25 heavy (non-hydrogen) atoms. The Hall–Kier alpha value is -1.25. The van der Waals surface area contributed by atoms with Gasteiger partial charge < -0.3 is 5.32 Å². The van der Waals surface area contributed by atoms with Crippen molar-refractivity contribution in [2.75, 3.05) is 12.3 Å². The molecule has 0 radical (unpaired) electrons. The molecule has 0 aromatic heterocycles. The van der Waals surface area contributed by atoms with Crippen molar-refractivity contribution >= 4 is 50.9 Å².